The molecule has 1 aromatic heterocycles. The van der Waals surface area contributed by atoms with Gasteiger partial charge in [-0.05, 0) is 38.8 Å². The molecule has 4 rings (SSSR count). The second kappa shape index (κ2) is 4.20. The Morgan fingerprint density at radius 1 is 0.895 bits per heavy atom. The van der Waals surface area contributed by atoms with Crippen LogP contribution in [0.4, 0.5) is 0 Å². The molecule has 19 heavy (non-hydrogen) atoms. The number of hydrogen-bond donors (Lipinski definition) is 0. The quantitative estimate of drug-likeness (QED) is 0.335. The van der Waals surface area contributed by atoms with Crippen molar-refractivity contribution in [2.45, 2.75) is 0 Å². The molecule has 0 aliphatic carbocycles. The molecule has 0 nitrogen and oxygen atoms in total. The first-order valence-corrected chi connectivity index (χ1v) is 7.92. The standard InChI is InChI=1S/C16H8BrClS/c17-13-7-12-11-6-5-9-3-1-2-4-10(9)16(11)19-15(12)8-14(13)18/h1-8H. The summed E-state index contributed by atoms with van der Waals surface area (Å²) in [6.07, 6.45) is 0. The van der Waals surface area contributed by atoms with Crippen molar-refractivity contribution in [3.05, 3.63) is 58.0 Å². The fourth-order valence-corrected chi connectivity index (χ4v) is 4.33. The number of halogens is 2. The third-order valence-corrected chi connectivity index (χ3v) is 5.80. The average molecular weight is 348 g/mol. The van der Waals surface area contributed by atoms with Gasteiger partial charge in [0.25, 0.3) is 0 Å². The first-order chi connectivity index (χ1) is 9.24. The smallest absolute Gasteiger partial charge is 0.0562 e. The monoisotopic (exact) mass is 346 g/mol. The van der Waals surface area contributed by atoms with Crippen molar-refractivity contribution >= 4 is 69.8 Å². The Hall–Kier alpha value is -1.09. The lowest BCUT2D eigenvalue weighted by molar-refractivity contribution is 1.76. The lowest BCUT2D eigenvalue weighted by atomic mass is 10.1. The summed E-state index contributed by atoms with van der Waals surface area (Å²) in [6, 6.07) is 17.1. The van der Waals surface area contributed by atoms with E-state index in [0.29, 0.717) is 0 Å². The van der Waals surface area contributed by atoms with Gasteiger partial charge in [-0.1, -0.05) is 48.0 Å². The molecule has 0 saturated carbocycles. The summed E-state index contributed by atoms with van der Waals surface area (Å²) in [4.78, 5) is 0. The van der Waals surface area contributed by atoms with E-state index in [1.807, 2.05) is 17.4 Å². The minimum atomic E-state index is 0.767. The topological polar surface area (TPSA) is 0 Å². The first-order valence-electron chi connectivity index (χ1n) is 5.93. The second-order valence-electron chi connectivity index (χ2n) is 4.53. The van der Waals surface area contributed by atoms with Crippen molar-refractivity contribution in [1.29, 1.82) is 0 Å². The molecule has 0 N–H and O–H groups in total. The Bertz CT molecular complexity index is 940. The Balaban J connectivity index is 2.27. The molecule has 0 amide bonds. The van der Waals surface area contributed by atoms with Gasteiger partial charge in [0.2, 0.25) is 0 Å². The summed E-state index contributed by atoms with van der Waals surface area (Å²) in [5.41, 5.74) is 0. The van der Waals surface area contributed by atoms with Crippen LogP contribution in [-0.2, 0) is 0 Å². The molecule has 0 aliphatic rings. The zero-order chi connectivity index (χ0) is 13.0. The van der Waals surface area contributed by atoms with Gasteiger partial charge >= 0.3 is 0 Å². The normalized spacial score (nSPS) is 11.7. The molecule has 0 radical (unpaired) electrons. The van der Waals surface area contributed by atoms with Gasteiger partial charge in [0, 0.05) is 24.6 Å². The second-order valence-corrected chi connectivity index (χ2v) is 6.84. The van der Waals surface area contributed by atoms with E-state index < -0.39 is 0 Å². The molecule has 3 aromatic carbocycles. The van der Waals surface area contributed by atoms with Gasteiger partial charge in [-0.2, -0.15) is 0 Å². The minimum absolute atomic E-state index is 0.767. The maximum absolute atomic E-state index is 6.19. The molecule has 0 aliphatic heterocycles. The molecule has 0 saturated heterocycles. The van der Waals surface area contributed by atoms with Crippen molar-refractivity contribution in [2.75, 3.05) is 0 Å². The third-order valence-electron chi connectivity index (χ3n) is 3.40. The molecule has 4 aromatic rings. The van der Waals surface area contributed by atoms with Gasteiger partial charge in [0.1, 0.15) is 0 Å². The van der Waals surface area contributed by atoms with E-state index in [1.165, 1.54) is 30.9 Å². The fraction of sp³-hybridized carbons (Fsp3) is 0. The van der Waals surface area contributed by atoms with E-state index in [0.717, 1.165) is 9.50 Å². The maximum atomic E-state index is 6.19. The highest BCUT2D eigenvalue weighted by molar-refractivity contribution is 9.10. The van der Waals surface area contributed by atoms with Crippen molar-refractivity contribution in [3.8, 4) is 0 Å². The van der Waals surface area contributed by atoms with E-state index in [4.69, 9.17) is 11.6 Å². The van der Waals surface area contributed by atoms with Gasteiger partial charge in [-0.3, -0.25) is 0 Å². The van der Waals surface area contributed by atoms with Crippen molar-refractivity contribution in [3.63, 3.8) is 0 Å². The summed E-state index contributed by atoms with van der Waals surface area (Å²) in [5, 5.41) is 5.93. The Morgan fingerprint density at radius 3 is 2.63 bits per heavy atom. The van der Waals surface area contributed by atoms with Crippen LogP contribution in [0.15, 0.2) is 53.0 Å². The highest BCUT2D eigenvalue weighted by Gasteiger charge is 2.10. The molecular formula is C16H8BrClS. The largest absolute Gasteiger partial charge is 0.134 e. The van der Waals surface area contributed by atoms with Crippen molar-refractivity contribution in [2.24, 2.45) is 0 Å². The molecular weight excluding hydrogens is 340 g/mol. The third kappa shape index (κ3) is 1.71. The van der Waals surface area contributed by atoms with Crippen LogP contribution >= 0.6 is 38.9 Å². The predicted molar refractivity (Wildman–Crippen MR) is 89.5 cm³/mol. The van der Waals surface area contributed by atoms with Gasteiger partial charge in [0.05, 0.1) is 5.02 Å². The average Bonchev–Trinajstić information content (AvgIpc) is 2.77. The molecule has 0 spiro atoms. The van der Waals surface area contributed by atoms with Crippen LogP contribution in [0, 0.1) is 0 Å². The van der Waals surface area contributed by atoms with Crippen molar-refractivity contribution < 1.29 is 0 Å². The van der Waals surface area contributed by atoms with E-state index in [1.54, 1.807) is 0 Å². The zero-order valence-corrected chi connectivity index (χ0v) is 12.9. The minimum Gasteiger partial charge on any atom is -0.134 e. The number of rotatable bonds is 0. The Morgan fingerprint density at radius 2 is 1.74 bits per heavy atom. The van der Waals surface area contributed by atoms with E-state index >= 15 is 0 Å². The van der Waals surface area contributed by atoms with Crippen LogP contribution in [0.2, 0.25) is 5.02 Å². The van der Waals surface area contributed by atoms with Gasteiger partial charge in [0.15, 0.2) is 0 Å². The van der Waals surface area contributed by atoms with Gasteiger partial charge < -0.3 is 0 Å². The molecule has 92 valence electrons. The molecule has 3 heteroatoms. The number of fused-ring (bicyclic) bond motifs is 5. The van der Waals surface area contributed by atoms with Crippen LogP contribution in [0.25, 0.3) is 30.9 Å². The lowest BCUT2D eigenvalue weighted by Crippen LogP contribution is -1.72. The number of thiophene rings is 1. The molecule has 0 bridgehead atoms. The van der Waals surface area contributed by atoms with E-state index in [2.05, 4.69) is 58.4 Å². The fourth-order valence-electron chi connectivity index (χ4n) is 2.50. The Kier molecular flexibility index (Phi) is 2.59. The summed E-state index contributed by atoms with van der Waals surface area (Å²) in [7, 11) is 0. The maximum Gasteiger partial charge on any atom is 0.0562 e. The van der Waals surface area contributed by atoms with E-state index in [9.17, 15) is 0 Å². The van der Waals surface area contributed by atoms with Crippen LogP contribution in [0.5, 0.6) is 0 Å². The molecule has 1 heterocycles. The van der Waals surface area contributed by atoms with Crippen LogP contribution < -0.4 is 0 Å². The van der Waals surface area contributed by atoms with Gasteiger partial charge in [-0.25, -0.2) is 0 Å². The van der Waals surface area contributed by atoms with Crippen molar-refractivity contribution in [1.82, 2.24) is 0 Å². The Labute approximate surface area is 127 Å². The SMILES string of the molecule is Clc1cc2sc3c4ccccc4ccc3c2cc1Br. The summed E-state index contributed by atoms with van der Waals surface area (Å²) >= 11 is 11.5. The molecule has 0 fully saturated rings. The zero-order valence-electron chi connectivity index (χ0n) is 9.78. The van der Waals surface area contributed by atoms with Crippen LogP contribution in [0.1, 0.15) is 0 Å². The summed E-state index contributed by atoms with van der Waals surface area (Å²) < 4.78 is 3.52. The predicted octanol–water partition coefficient (Wildman–Crippen LogP) is 6.62. The van der Waals surface area contributed by atoms with Gasteiger partial charge in [-0.15, -0.1) is 11.3 Å². The lowest BCUT2D eigenvalue weighted by Gasteiger charge is -1.99. The highest BCUT2D eigenvalue weighted by Crippen LogP contribution is 2.41. The summed E-state index contributed by atoms with van der Waals surface area (Å²) in [5.74, 6) is 0. The first kappa shape index (κ1) is 11.7. The highest BCUT2D eigenvalue weighted by atomic mass is 79.9. The molecule has 0 unspecified atom stereocenters. The van der Waals surface area contributed by atoms with Crippen LogP contribution in [-0.4, -0.2) is 0 Å². The molecule has 0 atom stereocenters. The summed E-state index contributed by atoms with van der Waals surface area (Å²) in [6.45, 7) is 0. The van der Waals surface area contributed by atoms with E-state index in [-0.39, 0.29) is 0 Å². The number of benzene rings is 3. The van der Waals surface area contributed by atoms with Crippen LogP contribution in [0.3, 0.4) is 0 Å². The number of hydrogen-bond acceptors (Lipinski definition) is 1.